The van der Waals surface area contributed by atoms with Crippen LogP contribution in [0.2, 0.25) is 0 Å². The molecule has 1 aromatic carbocycles. The molecule has 2 aromatic rings. The Morgan fingerprint density at radius 2 is 2.43 bits per heavy atom. The fourth-order valence-electron chi connectivity index (χ4n) is 2.79. The minimum absolute atomic E-state index is 0.116. The Hall–Kier alpha value is -1.73. The first-order chi connectivity index (χ1) is 10.1. The maximum atomic E-state index is 10.8. The highest BCUT2D eigenvalue weighted by molar-refractivity contribution is 7.22. The van der Waals surface area contributed by atoms with Crippen molar-refractivity contribution < 1.29 is 4.92 Å². The van der Waals surface area contributed by atoms with Crippen LogP contribution in [0.25, 0.3) is 10.2 Å². The average molecular weight is 306 g/mol. The molecule has 0 saturated carbocycles. The molecule has 0 bridgehead atoms. The Morgan fingerprint density at radius 1 is 1.57 bits per heavy atom. The van der Waals surface area contributed by atoms with Crippen molar-refractivity contribution in [3.8, 4) is 0 Å². The number of non-ortho nitro benzene ring substituents is 1. The van der Waals surface area contributed by atoms with Crippen molar-refractivity contribution in [1.29, 1.82) is 0 Å². The van der Waals surface area contributed by atoms with Crippen molar-refractivity contribution in [1.82, 2.24) is 9.88 Å². The maximum Gasteiger partial charge on any atom is 0.270 e. The molecule has 21 heavy (non-hydrogen) atoms. The van der Waals surface area contributed by atoms with E-state index >= 15 is 0 Å². The van der Waals surface area contributed by atoms with Gasteiger partial charge in [0, 0.05) is 24.7 Å². The van der Waals surface area contributed by atoms with Gasteiger partial charge in [0.05, 0.1) is 15.1 Å². The third-order valence-electron chi connectivity index (χ3n) is 4.01. The first kappa shape index (κ1) is 14.2. The first-order valence-corrected chi connectivity index (χ1v) is 7.94. The quantitative estimate of drug-likeness (QED) is 0.679. The number of rotatable bonds is 5. The van der Waals surface area contributed by atoms with Crippen LogP contribution in [-0.2, 0) is 0 Å². The summed E-state index contributed by atoms with van der Waals surface area (Å²) in [6.07, 6.45) is 3.66. The largest absolute Gasteiger partial charge is 0.361 e. The second-order valence-electron chi connectivity index (χ2n) is 5.42. The normalized spacial score (nSPS) is 19.2. The van der Waals surface area contributed by atoms with Gasteiger partial charge >= 0.3 is 0 Å². The molecule has 1 aliphatic rings. The summed E-state index contributed by atoms with van der Waals surface area (Å²) < 4.78 is 0.852. The number of aromatic nitrogens is 1. The molecule has 0 amide bonds. The third kappa shape index (κ3) is 3.14. The third-order valence-corrected chi connectivity index (χ3v) is 4.98. The molecule has 3 rings (SSSR count). The number of nitrogens with zero attached hydrogens (tertiary/aromatic N) is 3. The average Bonchev–Trinajstić information content (AvgIpc) is 3.04. The molecule has 1 atom stereocenters. The van der Waals surface area contributed by atoms with E-state index in [1.165, 1.54) is 36.8 Å². The lowest BCUT2D eigenvalue weighted by Gasteiger charge is -2.18. The predicted molar refractivity (Wildman–Crippen MR) is 85.0 cm³/mol. The van der Waals surface area contributed by atoms with Gasteiger partial charge in [-0.05, 0) is 38.9 Å². The monoisotopic (exact) mass is 306 g/mol. The molecule has 1 aliphatic heterocycles. The van der Waals surface area contributed by atoms with E-state index in [4.69, 9.17) is 0 Å². The van der Waals surface area contributed by atoms with E-state index in [1.54, 1.807) is 12.1 Å². The van der Waals surface area contributed by atoms with Crippen molar-refractivity contribution in [2.45, 2.75) is 25.3 Å². The van der Waals surface area contributed by atoms with Gasteiger partial charge < -0.3 is 10.2 Å². The molecule has 112 valence electrons. The molecule has 1 unspecified atom stereocenters. The van der Waals surface area contributed by atoms with Crippen molar-refractivity contribution in [2.75, 3.05) is 25.5 Å². The van der Waals surface area contributed by atoms with Crippen LogP contribution >= 0.6 is 11.3 Å². The van der Waals surface area contributed by atoms with Crippen LogP contribution in [0.4, 0.5) is 10.8 Å². The van der Waals surface area contributed by atoms with E-state index in [-0.39, 0.29) is 10.6 Å². The number of nitrogens with one attached hydrogen (secondary N) is 1. The lowest BCUT2D eigenvalue weighted by Crippen LogP contribution is -2.26. The molecule has 1 N–H and O–H groups in total. The van der Waals surface area contributed by atoms with Crippen molar-refractivity contribution in [3.05, 3.63) is 28.3 Å². The summed E-state index contributed by atoms with van der Waals surface area (Å²) in [6.45, 7) is 2.08. The van der Waals surface area contributed by atoms with Gasteiger partial charge in [0.1, 0.15) is 0 Å². The molecule has 2 heterocycles. The summed E-state index contributed by atoms with van der Waals surface area (Å²) in [7, 11) is 2.18. The smallest absolute Gasteiger partial charge is 0.270 e. The first-order valence-electron chi connectivity index (χ1n) is 7.12. The number of nitro benzene ring substituents is 1. The van der Waals surface area contributed by atoms with Crippen LogP contribution in [0.5, 0.6) is 0 Å². The highest BCUT2D eigenvalue weighted by atomic mass is 32.1. The molecule has 7 heteroatoms. The van der Waals surface area contributed by atoms with E-state index in [9.17, 15) is 10.1 Å². The standard InChI is InChI=1S/C14H18N4O2S/c1-17-8-2-3-10(17)6-7-15-14-16-12-5-4-11(18(19)20)9-13(12)21-14/h4-5,9-10H,2-3,6-8H2,1H3,(H,15,16). The summed E-state index contributed by atoms with van der Waals surface area (Å²) >= 11 is 1.47. The lowest BCUT2D eigenvalue weighted by molar-refractivity contribution is -0.384. The predicted octanol–water partition coefficient (Wildman–Crippen LogP) is 3.10. The van der Waals surface area contributed by atoms with Crippen LogP contribution in [-0.4, -0.2) is 41.0 Å². The Morgan fingerprint density at radius 3 is 3.14 bits per heavy atom. The Kier molecular flexibility index (Phi) is 4.03. The van der Waals surface area contributed by atoms with Gasteiger partial charge in [-0.15, -0.1) is 0 Å². The van der Waals surface area contributed by atoms with Gasteiger partial charge in [0.2, 0.25) is 0 Å². The van der Waals surface area contributed by atoms with Crippen molar-refractivity contribution in [2.24, 2.45) is 0 Å². The van der Waals surface area contributed by atoms with Gasteiger partial charge in [-0.25, -0.2) is 4.98 Å². The van der Waals surface area contributed by atoms with E-state index in [0.29, 0.717) is 6.04 Å². The topological polar surface area (TPSA) is 71.3 Å². The lowest BCUT2D eigenvalue weighted by atomic mass is 10.1. The maximum absolute atomic E-state index is 10.8. The second-order valence-corrected chi connectivity index (χ2v) is 6.45. The molecule has 6 nitrogen and oxygen atoms in total. The molecule has 0 aliphatic carbocycles. The fraction of sp³-hybridized carbons (Fsp3) is 0.500. The van der Waals surface area contributed by atoms with Gasteiger partial charge in [-0.1, -0.05) is 11.3 Å². The highest BCUT2D eigenvalue weighted by Crippen LogP contribution is 2.29. The van der Waals surface area contributed by atoms with E-state index in [2.05, 4.69) is 22.2 Å². The molecule has 1 aromatic heterocycles. The van der Waals surface area contributed by atoms with Gasteiger partial charge in [-0.3, -0.25) is 10.1 Å². The Balaban J connectivity index is 1.63. The zero-order valence-corrected chi connectivity index (χ0v) is 12.7. The molecular formula is C14H18N4O2S. The number of fused-ring (bicyclic) bond motifs is 1. The van der Waals surface area contributed by atoms with Gasteiger partial charge in [0.25, 0.3) is 5.69 Å². The fourth-order valence-corrected chi connectivity index (χ4v) is 3.72. The zero-order chi connectivity index (χ0) is 14.8. The number of benzene rings is 1. The van der Waals surface area contributed by atoms with Gasteiger partial charge in [-0.2, -0.15) is 0 Å². The molecule has 1 fully saturated rings. The molecule has 0 radical (unpaired) electrons. The Bertz CT molecular complexity index is 657. The molecular weight excluding hydrogens is 288 g/mol. The minimum atomic E-state index is -0.373. The number of anilines is 1. The van der Waals surface area contributed by atoms with Crippen LogP contribution in [0.15, 0.2) is 18.2 Å². The van der Waals surface area contributed by atoms with Gasteiger partial charge in [0.15, 0.2) is 5.13 Å². The van der Waals surface area contributed by atoms with E-state index < -0.39 is 0 Å². The summed E-state index contributed by atoms with van der Waals surface area (Å²) in [5, 5.41) is 15.0. The van der Waals surface area contributed by atoms with Crippen LogP contribution < -0.4 is 5.32 Å². The number of hydrogen-bond donors (Lipinski definition) is 1. The minimum Gasteiger partial charge on any atom is -0.361 e. The van der Waals surface area contributed by atoms with Crippen LogP contribution in [0.1, 0.15) is 19.3 Å². The second kappa shape index (κ2) is 5.95. The van der Waals surface area contributed by atoms with Crippen LogP contribution in [0, 0.1) is 10.1 Å². The van der Waals surface area contributed by atoms with E-state index in [1.807, 2.05) is 0 Å². The summed E-state index contributed by atoms with van der Waals surface area (Å²) in [5.74, 6) is 0. The SMILES string of the molecule is CN1CCCC1CCNc1nc2ccc([N+](=O)[O-])cc2s1. The van der Waals surface area contributed by atoms with Crippen molar-refractivity contribution >= 4 is 32.4 Å². The van der Waals surface area contributed by atoms with Crippen molar-refractivity contribution in [3.63, 3.8) is 0 Å². The Labute approximate surface area is 126 Å². The summed E-state index contributed by atoms with van der Waals surface area (Å²) in [5.41, 5.74) is 0.927. The summed E-state index contributed by atoms with van der Waals surface area (Å²) in [6, 6.07) is 5.45. The van der Waals surface area contributed by atoms with Crippen LogP contribution in [0.3, 0.4) is 0 Å². The highest BCUT2D eigenvalue weighted by Gasteiger charge is 2.20. The number of hydrogen-bond acceptors (Lipinski definition) is 6. The van der Waals surface area contributed by atoms with E-state index in [0.717, 1.165) is 28.3 Å². The molecule has 0 spiro atoms. The number of nitro groups is 1. The summed E-state index contributed by atoms with van der Waals surface area (Å²) in [4.78, 5) is 17.3. The number of likely N-dealkylation sites (tertiary alicyclic amines) is 1. The number of thiazole rings is 1. The zero-order valence-electron chi connectivity index (χ0n) is 11.9. The molecule has 1 saturated heterocycles.